The van der Waals surface area contributed by atoms with Gasteiger partial charge in [-0.2, -0.15) is 5.10 Å². The van der Waals surface area contributed by atoms with Gasteiger partial charge >= 0.3 is 0 Å². The van der Waals surface area contributed by atoms with E-state index in [2.05, 4.69) is 48.9 Å². The third-order valence-electron chi connectivity index (χ3n) is 2.57. The zero-order chi connectivity index (χ0) is 13.8. The van der Waals surface area contributed by atoms with Crippen molar-refractivity contribution in [1.29, 1.82) is 0 Å². The lowest BCUT2D eigenvalue weighted by Crippen LogP contribution is -2.36. The number of hydrogen-bond acceptors (Lipinski definition) is 2. The minimum atomic E-state index is -0.0645. The van der Waals surface area contributed by atoms with Gasteiger partial charge in [-0.3, -0.25) is 9.48 Å². The summed E-state index contributed by atoms with van der Waals surface area (Å²) >= 11 is 5.54. The highest BCUT2D eigenvalue weighted by Crippen LogP contribution is 2.18. The molecule has 2 rings (SSSR count). The number of halogens is 2. The first-order chi connectivity index (χ1) is 9.06. The highest BCUT2D eigenvalue weighted by atomic mass is 127. The van der Waals surface area contributed by atoms with Gasteiger partial charge in [0.1, 0.15) is 0 Å². The molecule has 0 aliphatic carbocycles. The van der Waals surface area contributed by atoms with Crippen molar-refractivity contribution in [2.24, 2.45) is 0 Å². The van der Waals surface area contributed by atoms with Gasteiger partial charge in [0.05, 0.1) is 12.1 Å². The molecule has 0 aliphatic heterocycles. The molecule has 1 unspecified atom stereocenters. The summed E-state index contributed by atoms with van der Waals surface area (Å²) in [5.74, 6) is -0.0645. The van der Waals surface area contributed by atoms with Crippen molar-refractivity contribution in [1.82, 2.24) is 15.1 Å². The predicted molar refractivity (Wildman–Crippen MR) is 86.0 cm³/mol. The molecular formula is C13H13BrIN3O. The zero-order valence-corrected chi connectivity index (χ0v) is 14.1. The Morgan fingerprint density at radius 1 is 1.58 bits per heavy atom. The summed E-state index contributed by atoms with van der Waals surface area (Å²) in [6.07, 6.45) is 3.61. The number of amides is 1. The molecule has 1 N–H and O–H groups in total. The highest BCUT2D eigenvalue weighted by Gasteiger charge is 2.13. The molecule has 1 atom stereocenters. The third kappa shape index (κ3) is 4.04. The Balaban J connectivity index is 2.02. The second kappa shape index (κ2) is 6.51. The van der Waals surface area contributed by atoms with Crippen LogP contribution in [0.15, 0.2) is 41.1 Å². The maximum Gasteiger partial charge on any atom is 0.252 e. The van der Waals surface area contributed by atoms with Gasteiger partial charge in [0, 0.05) is 26.5 Å². The Morgan fingerprint density at radius 3 is 3.05 bits per heavy atom. The Kier molecular flexibility index (Phi) is 4.98. The Labute approximate surface area is 133 Å². The molecule has 2 aromatic rings. The highest BCUT2D eigenvalue weighted by molar-refractivity contribution is 14.1. The Bertz CT molecular complexity index is 571. The summed E-state index contributed by atoms with van der Waals surface area (Å²) in [7, 11) is 0. The van der Waals surface area contributed by atoms with E-state index in [4.69, 9.17) is 0 Å². The summed E-state index contributed by atoms with van der Waals surface area (Å²) in [6.45, 7) is 2.62. The molecule has 0 radical (unpaired) electrons. The van der Waals surface area contributed by atoms with Gasteiger partial charge in [-0.05, 0) is 53.8 Å². The van der Waals surface area contributed by atoms with Gasteiger partial charge in [-0.25, -0.2) is 0 Å². The lowest BCUT2D eigenvalue weighted by atomic mass is 10.2. The van der Waals surface area contributed by atoms with Crippen LogP contribution >= 0.6 is 38.5 Å². The molecule has 1 aromatic carbocycles. The normalized spacial score (nSPS) is 12.2. The van der Waals surface area contributed by atoms with Crippen molar-refractivity contribution in [3.8, 4) is 0 Å². The molecular weight excluding hydrogens is 421 g/mol. The number of hydrogen-bond donors (Lipinski definition) is 1. The fourth-order valence-electron chi connectivity index (χ4n) is 1.71. The minimum absolute atomic E-state index is 0.0159. The van der Waals surface area contributed by atoms with Gasteiger partial charge < -0.3 is 5.32 Å². The number of carbonyl (C=O) groups excluding carboxylic acids is 1. The van der Waals surface area contributed by atoms with Crippen LogP contribution in [0, 0.1) is 3.57 Å². The van der Waals surface area contributed by atoms with Crippen LogP contribution in [0.5, 0.6) is 0 Å². The maximum atomic E-state index is 12.2. The number of nitrogens with zero attached hydrogens (tertiary/aromatic N) is 2. The van der Waals surface area contributed by atoms with E-state index >= 15 is 0 Å². The maximum absolute atomic E-state index is 12.2. The van der Waals surface area contributed by atoms with Crippen LogP contribution < -0.4 is 5.32 Å². The molecule has 1 amide bonds. The van der Waals surface area contributed by atoms with Gasteiger partial charge in [0.25, 0.3) is 5.91 Å². The number of aromatic nitrogens is 2. The van der Waals surface area contributed by atoms with Crippen molar-refractivity contribution >= 4 is 44.4 Å². The Morgan fingerprint density at radius 2 is 2.37 bits per heavy atom. The number of rotatable bonds is 4. The molecule has 0 saturated heterocycles. The van der Waals surface area contributed by atoms with Gasteiger partial charge in [0.15, 0.2) is 0 Å². The molecule has 0 saturated carbocycles. The van der Waals surface area contributed by atoms with E-state index in [9.17, 15) is 4.79 Å². The first-order valence-electron chi connectivity index (χ1n) is 5.79. The molecule has 4 nitrogen and oxygen atoms in total. The molecule has 1 aromatic heterocycles. The van der Waals surface area contributed by atoms with Gasteiger partial charge in [0.2, 0.25) is 0 Å². The van der Waals surface area contributed by atoms with Crippen molar-refractivity contribution in [3.05, 3.63) is 50.3 Å². The van der Waals surface area contributed by atoms with Crippen LogP contribution in [0.2, 0.25) is 0 Å². The molecule has 1 heterocycles. The standard InChI is InChI=1S/C13H13BrIN3O/c1-9(8-18-6-2-5-16-18)17-13(19)11-7-10(14)3-4-12(11)15/h2-7,9H,8H2,1H3,(H,17,19). The van der Waals surface area contributed by atoms with Crippen LogP contribution in [-0.4, -0.2) is 21.7 Å². The quantitative estimate of drug-likeness (QED) is 0.753. The second-order valence-electron chi connectivity index (χ2n) is 4.23. The fourth-order valence-corrected chi connectivity index (χ4v) is 2.65. The van der Waals surface area contributed by atoms with E-state index < -0.39 is 0 Å². The van der Waals surface area contributed by atoms with E-state index in [1.54, 1.807) is 10.9 Å². The Hall–Kier alpha value is -0.890. The summed E-state index contributed by atoms with van der Waals surface area (Å²) in [6, 6.07) is 7.55. The predicted octanol–water partition coefficient (Wildman–Crippen LogP) is 3.07. The monoisotopic (exact) mass is 433 g/mol. The second-order valence-corrected chi connectivity index (χ2v) is 6.30. The van der Waals surface area contributed by atoms with Crippen LogP contribution in [0.4, 0.5) is 0 Å². The van der Waals surface area contributed by atoms with Crippen molar-refractivity contribution < 1.29 is 4.79 Å². The molecule has 0 aliphatic rings. The zero-order valence-electron chi connectivity index (χ0n) is 10.3. The molecule has 0 fully saturated rings. The van der Waals surface area contributed by atoms with Crippen LogP contribution in [-0.2, 0) is 6.54 Å². The smallest absolute Gasteiger partial charge is 0.252 e. The van der Waals surface area contributed by atoms with Crippen LogP contribution in [0.25, 0.3) is 0 Å². The first kappa shape index (κ1) is 14.5. The molecule has 0 bridgehead atoms. The first-order valence-corrected chi connectivity index (χ1v) is 7.67. The molecule has 100 valence electrons. The average molecular weight is 434 g/mol. The van der Waals surface area contributed by atoms with E-state index in [1.807, 2.05) is 37.4 Å². The van der Waals surface area contributed by atoms with Crippen molar-refractivity contribution in [3.63, 3.8) is 0 Å². The molecule has 0 spiro atoms. The van der Waals surface area contributed by atoms with E-state index in [-0.39, 0.29) is 11.9 Å². The van der Waals surface area contributed by atoms with Crippen molar-refractivity contribution in [2.45, 2.75) is 19.5 Å². The topological polar surface area (TPSA) is 46.9 Å². The molecule has 6 heteroatoms. The number of nitrogens with one attached hydrogen (secondary N) is 1. The lowest BCUT2D eigenvalue weighted by Gasteiger charge is -2.14. The summed E-state index contributed by atoms with van der Waals surface area (Å²) in [4.78, 5) is 12.2. The summed E-state index contributed by atoms with van der Waals surface area (Å²) < 4.78 is 3.64. The third-order valence-corrected chi connectivity index (χ3v) is 4.00. The van der Waals surface area contributed by atoms with E-state index in [1.165, 1.54) is 0 Å². The fraction of sp³-hybridized carbons (Fsp3) is 0.231. The van der Waals surface area contributed by atoms with Gasteiger partial charge in [-0.15, -0.1) is 0 Å². The lowest BCUT2D eigenvalue weighted by molar-refractivity contribution is 0.0935. The van der Waals surface area contributed by atoms with Crippen LogP contribution in [0.3, 0.4) is 0 Å². The summed E-state index contributed by atoms with van der Waals surface area (Å²) in [5.41, 5.74) is 0.683. The average Bonchev–Trinajstić information content (AvgIpc) is 2.84. The van der Waals surface area contributed by atoms with Crippen LogP contribution in [0.1, 0.15) is 17.3 Å². The number of benzene rings is 1. The molecule has 19 heavy (non-hydrogen) atoms. The van der Waals surface area contributed by atoms with E-state index in [0.29, 0.717) is 12.1 Å². The summed E-state index contributed by atoms with van der Waals surface area (Å²) in [5, 5.41) is 7.10. The van der Waals surface area contributed by atoms with E-state index in [0.717, 1.165) is 8.04 Å². The number of carbonyl (C=O) groups is 1. The minimum Gasteiger partial charge on any atom is -0.348 e. The largest absolute Gasteiger partial charge is 0.348 e. The van der Waals surface area contributed by atoms with Gasteiger partial charge in [-0.1, -0.05) is 15.9 Å². The van der Waals surface area contributed by atoms with Crippen molar-refractivity contribution in [2.75, 3.05) is 0 Å². The SMILES string of the molecule is CC(Cn1cccn1)NC(=O)c1cc(Br)ccc1I.